The first-order valence-corrected chi connectivity index (χ1v) is 8.73. The molecule has 0 aromatic rings. The molecule has 2 heterocycles. The molecule has 9 atom stereocenters. The smallest absolute Gasteiger partial charge is 0.335 e. The van der Waals surface area contributed by atoms with Gasteiger partial charge < -0.3 is 49.6 Å². The van der Waals surface area contributed by atoms with Gasteiger partial charge in [0.05, 0.1) is 37.1 Å². The summed E-state index contributed by atoms with van der Waals surface area (Å²) >= 11 is 0. The largest absolute Gasteiger partial charge is 0.478 e. The minimum atomic E-state index is -1.65. The van der Waals surface area contributed by atoms with Gasteiger partial charge in [-0.3, -0.25) is 0 Å². The van der Waals surface area contributed by atoms with Crippen LogP contribution in [0.5, 0.6) is 0 Å². The average Bonchev–Trinajstić information content (AvgIpc) is 3.07. The Balaban J connectivity index is 1.86. The third-order valence-corrected chi connectivity index (χ3v) is 5.35. The van der Waals surface area contributed by atoms with Crippen LogP contribution in [0.4, 0.5) is 0 Å². The van der Waals surface area contributed by atoms with Crippen molar-refractivity contribution in [2.24, 2.45) is 11.8 Å². The Labute approximate surface area is 160 Å². The lowest BCUT2D eigenvalue weighted by Gasteiger charge is -2.43. The van der Waals surface area contributed by atoms with Crippen molar-refractivity contribution >= 4 is 5.97 Å². The van der Waals surface area contributed by atoms with E-state index >= 15 is 0 Å². The van der Waals surface area contributed by atoms with Crippen molar-refractivity contribution in [1.82, 2.24) is 0 Å². The lowest BCUT2D eigenvalue weighted by Crippen LogP contribution is -2.60. The molecule has 11 nitrogen and oxygen atoms in total. The summed E-state index contributed by atoms with van der Waals surface area (Å²) in [6, 6.07) is 0. The molecular formula is C17H24O11. The minimum absolute atomic E-state index is 0.0646. The normalized spacial score (nSPS) is 43.0. The molecule has 0 radical (unpaired) electrons. The third kappa shape index (κ3) is 3.55. The fourth-order valence-corrected chi connectivity index (χ4v) is 3.87. The second-order valence-electron chi connectivity index (χ2n) is 6.87. The predicted octanol–water partition coefficient (Wildman–Crippen LogP) is -2.69. The Morgan fingerprint density at radius 3 is 2.39 bits per heavy atom. The van der Waals surface area contributed by atoms with Crippen LogP contribution in [0.3, 0.4) is 0 Å². The summed E-state index contributed by atoms with van der Waals surface area (Å²) in [6.45, 7) is -1.02. The van der Waals surface area contributed by atoms with Gasteiger partial charge in [0.25, 0.3) is 0 Å². The summed E-state index contributed by atoms with van der Waals surface area (Å²) < 4.78 is 21.7. The molecule has 2 aliphatic heterocycles. The second-order valence-corrected chi connectivity index (χ2v) is 6.87. The molecule has 1 aliphatic carbocycles. The summed E-state index contributed by atoms with van der Waals surface area (Å²) in [4.78, 5) is 11.6. The Hall–Kier alpha value is -1.57. The van der Waals surface area contributed by atoms with E-state index in [9.17, 15) is 35.4 Å². The van der Waals surface area contributed by atoms with E-state index in [1.165, 1.54) is 7.11 Å². The summed E-state index contributed by atoms with van der Waals surface area (Å²) in [5, 5.41) is 58.3. The summed E-state index contributed by atoms with van der Waals surface area (Å²) in [5.74, 6) is -2.68. The first kappa shape index (κ1) is 21.1. The molecule has 0 aromatic carbocycles. The Bertz CT molecular complexity index is 645. The maximum Gasteiger partial charge on any atom is 0.335 e. The molecule has 6 N–H and O–H groups in total. The van der Waals surface area contributed by atoms with Crippen LogP contribution in [0, 0.1) is 11.8 Å². The van der Waals surface area contributed by atoms with Crippen LogP contribution in [0.1, 0.15) is 0 Å². The number of fused-ring (bicyclic) bond motifs is 1. The van der Waals surface area contributed by atoms with Crippen molar-refractivity contribution in [2.45, 2.75) is 43.1 Å². The Morgan fingerprint density at radius 2 is 1.82 bits per heavy atom. The van der Waals surface area contributed by atoms with Crippen LogP contribution in [-0.2, 0) is 23.7 Å². The number of rotatable bonds is 6. The molecule has 0 amide bonds. The Kier molecular flexibility index (Phi) is 6.37. The second kappa shape index (κ2) is 8.43. The number of hydrogen-bond acceptors (Lipinski definition) is 10. The van der Waals surface area contributed by atoms with Crippen LogP contribution < -0.4 is 0 Å². The molecule has 0 spiro atoms. The number of aliphatic hydroxyl groups is 5. The SMILES string of the molecule is CO[C@H]1C=C(CO)[C@H]2[C@H](O[C@@H]3O[C@H](CO)[C@@H](O)[C@H](O)[C@H]3O)OC=C(C(=O)O)[C@@H]21. The van der Waals surface area contributed by atoms with Gasteiger partial charge in [-0.1, -0.05) is 6.08 Å². The first-order valence-electron chi connectivity index (χ1n) is 8.73. The van der Waals surface area contributed by atoms with Gasteiger partial charge in [-0.2, -0.15) is 0 Å². The lowest BCUT2D eigenvalue weighted by molar-refractivity contribution is -0.340. The van der Waals surface area contributed by atoms with Gasteiger partial charge in [0, 0.05) is 13.0 Å². The highest BCUT2D eigenvalue weighted by molar-refractivity contribution is 5.87. The molecule has 0 unspecified atom stereocenters. The molecule has 158 valence electrons. The predicted molar refractivity (Wildman–Crippen MR) is 88.4 cm³/mol. The fraction of sp³-hybridized carbons (Fsp3) is 0.706. The zero-order valence-corrected chi connectivity index (χ0v) is 15.0. The standard InChI is InChI=1S/C17H24O11/c1-25-8-2-6(3-18)10-11(8)7(15(23)24)5-26-16(10)28-17-14(22)13(21)12(20)9(4-19)27-17/h2,5,8-14,16-22H,3-4H2,1H3,(H,23,24)/t8-,9+,10+,11+,12+,13-,14+,16-,17-/m0/s1. The van der Waals surface area contributed by atoms with E-state index in [1.54, 1.807) is 6.08 Å². The van der Waals surface area contributed by atoms with Crippen LogP contribution in [-0.4, -0.2) is 100 Å². The number of aliphatic hydroxyl groups excluding tert-OH is 5. The van der Waals surface area contributed by atoms with E-state index in [0.717, 1.165) is 6.26 Å². The molecule has 0 saturated carbocycles. The number of methoxy groups -OCH3 is 1. The van der Waals surface area contributed by atoms with Crippen molar-refractivity contribution in [3.8, 4) is 0 Å². The Morgan fingerprint density at radius 1 is 1.11 bits per heavy atom. The highest BCUT2D eigenvalue weighted by Crippen LogP contribution is 2.45. The molecule has 0 aromatic heterocycles. The van der Waals surface area contributed by atoms with Crippen molar-refractivity contribution < 1.29 is 54.4 Å². The maximum atomic E-state index is 11.6. The van der Waals surface area contributed by atoms with E-state index in [4.69, 9.17) is 18.9 Å². The van der Waals surface area contributed by atoms with E-state index in [2.05, 4.69) is 0 Å². The molecule has 0 bridgehead atoms. The number of aliphatic carboxylic acids is 1. The number of carboxylic acids is 1. The van der Waals surface area contributed by atoms with Crippen LogP contribution in [0.15, 0.2) is 23.5 Å². The molecular weight excluding hydrogens is 380 g/mol. The van der Waals surface area contributed by atoms with Gasteiger partial charge in [0.15, 0.2) is 6.29 Å². The van der Waals surface area contributed by atoms with Crippen LogP contribution in [0.2, 0.25) is 0 Å². The number of ether oxygens (including phenoxy) is 4. The van der Waals surface area contributed by atoms with Gasteiger partial charge in [0.2, 0.25) is 6.29 Å². The van der Waals surface area contributed by atoms with E-state index in [-0.39, 0.29) is 5.57 Å². The maximum absolute atomic E-state index is 11.6. The van der Waals surface area contributed by atoms with Gasteiger partial charge in [-0.05, 0) is 5.57 Å². The quantitative estimate of drug-likeness (QED) is 0.254. The summed E-state index contributed by atoms with van der Waals surface area (Å²) in [6.07, 6.45) is -6.68. The zero-order chi connectivity index (χ0) is 20.6. The number of carbonyl (C=O) groups is 1. The lowest BCUT2D eigenvalue weighted by atomic mass is 9.82. The molecule has 3 rings (SSSR count). The highest BCUT2D eigenvalue weighted by Gasteiger charge is 2.52. The fourth-order valence-electron chi connectivity index (χ4n) is 3.87. The van der Waals surface area contributed by atoms with Crippen molar-refractivity contribution in [2.75, 3.05) is 20.3 Å². The molecule has 11 heteroatoms. The first-order chi connectivity index (χ1) is 13.3. The van der Waals surface area contributed by atoms with Crippen molar-refractivity contribution in [3.05, 3.63) is 23.5 Å². The summed E-state index contributed by atoms with van der Waals surface area (Å²) in [7, 11) is 1.40. The van der Waals surface area contributed by atoms with Crippen molar-refractivity contribution in [1.29, 1.82) is 0 Å². The van der Waals surface area contributed by atoms with Gasteiger partial charge in [-0.15, -0.1) is 0 Å². The number of carboxylic acid groups (broad SMARTS) is 1. The van der Waals surface area contributed by atoms with Gasteiger partial charge in [-0.25, -0.2) is 4.79 Å². The minimum Gasteiger partial charge on any atom is -0.478 e. The van der Waals surface area contributed by atoms with Gasteiger partial charge in [0.1, 0.15) is 24.4 Å². The van der Waals surface area contributed by atoms with Gasteiger partial charge >= 0.3 is 5.97 Å². The van der Waals surface area contributed by atoms with E-state index < -0.39 is 74.1 Å². The van der Waals surface area contributed by atoms with Crippen molar-refractivity contribution in [3.63, 3.8) is 0 Å². The molecule has 1 saturated heterocycles. The number of hydrogen-bond donors (Lipinski definition) is 6. The highest BCUT2D eigenvalue weighted by atomic mass is 16.8. The molecule has 3 aliphatic rings. The average molecular weight is 404 g/mol. The molecule has 1 fully saturated rings. The van der Waals surface area contributed by atoms with E-state index in [0.29, 0.717) is 5.57 Å². The molecule has 28 heavy (non-hydrogen) atoms. The van der Waals surface area contributed by atoms with Crippen LogP contribution in [0.25, 0.3) is 0 Å². The zero-order valence-electron chi connectivity index (χ0n) is 15.0. The third-order valence-electron chi connectivity index (χ3n) is 5.35. The monoisotopic (exact) mass is 404 g/mol. The van der Waals surface area contributed by atoms with E-state index in [1.807, 2.05) is 0 Å². The topological polar surface area (TPSA) is 175 Å². The van der Waals surface area contributed by atoms with Crippen LogP contribution >= 0.6 is 0 Å². The summed E-state index contributed by atoms with van der Waals surface area (Å²) in [5.41, 5.74) is 0.364.